The average molecular weight is 441 g/mol. The first-order valence-corrected chi connectivity index (χ1v) is 9.92. The Hall–Kier alpha value is -4.08. The van der Waals surface area contributed by atoms with Gasteiger partial charge >= 0.3 is 12.1 Å². The molecule has 0 aliphatic carbocycles. The van der Waals surface area contributed by atoms with E-state index in [4.69, 9.17) is 15.9 Å². The number of nitrogens with two attached hydrogens (primary N) is 1. The number of amides is 2. The highest BCUT2D eigenvalue weighted by atomic mass is 16.6. The molecule has 10 nitrogen and oxygen atoms in total. The van der Waals surface area contributed by atoms with Crippen molar-refractivity contribution in [3.63, 3.8) is 0 Å². The minimum atomic E-state index is -1.40. The Kier molecular flexibility index (Phi) is 8.58. The molecule has 2 amide bonds. The molecule has 0 aliphatic rings. The van der Waals surface area contributed by atoms with Crippen LogP contribution in [0, 0.1) is 11.3 Å². The monoisotopic (exact) mass is 441 g/mol. The predicted molar refractivity (Wildman–Crippen MR) is 119 cm³/mol. The second-order valence-corrected chi connectivity index (χ2v) is 7.44. The van der Waals surface area contributed by atoms with Crippen LogP contribution in [0.15, 0.2) is 54.6 Å². The van der Waals surface area contributed by atoms with Crippen LogP contribution in [-0.2, 0) is 16.0 Å². The summed E-state index contributed by atoms with van der Waals surface area (Å²) in [5, 5.41) is 20.4. The number of nitrogens with one attached hydrogen (secondary N) is 3. The third-order valence-corrected chi connectivity index (χ3v) is 4.23. The van der Waals surface area contributed by atoms with E-state index in [2.05, 4.69) is 10.7 Å². The molecule has 0 radical (unpaired) electrons. The largest absolute Gasteiger partial charge is 0.480 e. The molecule has 0 saturated carbocycles. The zero-order valence-electron chi connectivity index (χ0n) is 17.9. The number of hydrazine groups is 1. The van der Waals surface area contributed by atoms with E-state index >= 15 is 0 Å². The number of rotatable bonds is 8. The van der Waals surface area contributed by atoms with Crippen molar-refractivity contribution in [2.24, 2.45) is 11.7 Å². The number of carboxylic acid groups (broad SMARTS) is 1. The predicted octanol–water partition coefficient (Wildman–Crippen LogP) is 2.43. The lowest BCUT2D eigenvalue weighted by Crippen LogP contribution is -2.56. The van der Waals surface area contributed by atoms with Gasteiger partial charge in [-0.05, 0) is 29.7 Å². The van der Waals surface area contributed by atoms with Crippen LogP contribution in [0.2, 0.25) is 0 Å². The highest BCUT2D eigenvalue weighted by molar-refractivity contribution is 5.98. The van der Waals surface area contributed by atoms with Crippen LogP contribution < -0.4 is 16.5 Å². The van der Waals surface area contributed by atoms with Crippen molar-refractivity contribution in [3.8, 4) is 0 Å². The SMILES string of the molecule is CC(C)COC(=O)N(NC(=O)c1cccc(NC(=N)N)c1)C(Cc1ccccc1)C(=O)O. The van der Waals surface area contributed by atoms with E-state index in [-0.39, 0.29) is 30.5 Å². The molecule has 2 rings (SSSR count). The lowest BCUT2D eigenvalue weighted by atomic mass is 10.1. The van der Waals surface area contributed by atoms with E-state index < -0.39 is 24.0 Å². The Morgan fingerprint density at radius 2 is 1.81 bits per heavy atom. The normalized spacial score (nSPS) is 11.3. The summed E-state index contributed by atoms with van der Waals surface area (Å²) >= 11 is 0. The van der Waals surface area contributed by atoms with Crippen LogP contribution >= 0.6 is 0 Å². The van der Waals surface area contributed by atoms with Gasteiger partial charge in [0.25, 0.3) is 5.91 Å². The van der Waals surface area contributed by atoms with Gasteiger partial charge in [0.2, 0.25) is 0 Å². The summed E-state index contributed by atoms with van der Waals surface area (Å²) in [5.41, 5.74) is 8.86. The summed E-state index contributed by atoms with van der Waals surface area (Å²) in [6.07, 6.45) is -1.02. The van der Waals surface area contributed by atoms with Gasteiger partial charge in [0.05, 0.1) is 6.61 Å². The van der Waals surface area contributed by atoms with Crippen molar-refractivity contribution >= 4 is 29.6 Å². The number of nitrogens with zero attached hydrogens (tertiary/aromatic N) is 1. The van der Waals surface area contributed by atoms with Crippen molar-refractivity contribution in [3.05, 3.63) is 65.7 Å². The van der Waals surface area contributed by atoms with Crippen molar-refractivity contribution in [2.45, 2.75) is 26.3 Å². The zero-order chi connectivity index (χ0) is 23.7. The summed E-state index contributed by atoms with van der Waals surface area (Å²) in [6, 6.07) is 13.4. The van der Waals surface area contributed by atoms with Crippen LogP contribution in [0.1, 0.15) is 29.8 Å². The van der Waals surface area contributed by atoms with Gasteiger partial charge in [0.15, 0.2) is 12.0 Å². The van der Waals surface area contributed by atoms with E-state index in [1.54, 1.807) is 42.5 Å². The van der Waals surface area contributed by atoms with Crippen LogP contribution in [0.3, 0.4) is 0 Å². The van der Waals surface area contributed by atoms with Crippen LogP contribution in [0.4, 0.5) is 10.5 Å². The van der Waals surface area contributed by atoms with Crippen LogP contribution in [-0.4, -0.2) is 46.7 Å². The molecule has 10 heteroatoms. The van der Waals surface area contributed by atoms with Crippen molar-refractivity contribution in [1.29, 1.82) is 5.41 Å². The minimum Gasteiger partial charge on any atom is -0.480 e. The number of benzene rings is 2. The summed E-state index contributed by atoms with van der Waals surface area (Å²) in [4.78, 5) is 37.6. The number of carboxylic acids is 1. The maximum atomic E-state index is 12.8. The third kappa shape index (κ3) is 7.31. The Morgan fingerprint density at radius 1 is 1.12 bits per heavy atom. The summed E-state index contributed by atoms with van der Waals surface area (Å²) < 4.78 is 5.20. The first-order chi connectivity index (χ1) is 15.2. The standard InChI is InChI=1S/C22H27N5O5/c1-14(2)13-32-22(31)27(18(20(29)30)11-15-7-4-3-5-8-15)26-19(28)16-9-6-10-17(12-16)25-21(23)24/h3-10,12,14,18H,11,13H2,1-2H3,(H,26,28)(H,29,30)(H4,23,24,25). The average Bonchev–Trinajstić information content (AvgIpc) is 2.74. The Labute approximate surface area is 185 Å². The fraction of sp³-hybridized carbons (Fsp3) is 0.273. The highest BCUT2D eigenvalue weighted by Gasteiger charge is 2.33. The van der Waals surface area contributed by atoms with Crippen LogP contribution in [0.5, 0.6) is 0 Å². The Balaban J connectivity index is 2.30. The molecular weight excluding hydrogens is 414 g/mol. The summed E-state index contributed by atoms with van der Waals surface area (Å²) in [7, 11) is 0. The van der Waals surface area contributed by atoms with Gasteiger partial charge in [-0.15, -0.1) is 0 Å². The lowest BCUT2D eigenvalue weighted by molar-refractivity contribution is -0.143. The highest BCUT2D eigenvalue weighted by Crippen LogP contribution is 2.14. The Bertz CT molecular complexity index is 964. The molecule has 0 aromatic heterocycles. The van der Waals surface area contributed by atoms with Crippen molar-refractivity contribution < 1.29 is 24.2 Å². The number of hydrogen-bond acceptors (Lipinski definition) is 5. The number of ether oxygens (including phenoxy) is 1. The quantitative estimate of drug-likeness (QED) is 0.239. The molecule has 0 fully saturated rings. The molecule has 0 heterocycles. The molecule has 0 bridgehead atoms. The van der Waals surface area contributed by atoms with Gasteiger partial charge in [-0.1, -0.05) is 50.2 Å². The molecule has 2 aromatic rings. The second kappa shape index (κ2) is 11.3. The molecule has 1 unspecified atom stereocenters. The van der Waals surface area contributed by atoms with Crippen molar-refractivity contribution in [2.75, 3.05) is 11.9 Å². The number of guanidine groups is 1. The second-order valence-electron chi connectivity index (χ2n) is 7.44. The van der Waals surface area contributed by atoms with Gasteiger partial charge in [-0.2, -0.15) is 0 Å². The Morgan fingerprint density at radius 3 is 2.41 bits per heavy atom. The molecule has 2 aromatic carbocycles. The van der Waals surface area contributed by atoms with E-state index in [9.17, 15) is 19.5 Å². The fourth-order valence-corrected chi connectivity index (χ4v) is 2.75. The smallest absolute Gasteiger partial charge is 0.429 e. The molecule has 6 N–H and O–H groups in total. The lowest BCUT2D eigenvalue weighted by Gasteiger charge is -2.29. The maximum absolute atomic E-state index is 12.8. The number of hydrogen-bond donors (Lipinski definition) is 5. The number of anilines is 1. The van der Waals surface area contributed by atoms with E-state index in [1.807, 2.05) is 13.8 Å². The number of carbonyl (C=O) groups excluding carboxylic acids is 2. The number of aliphatic carboxylic acids is 1. The zero-order valence-corrected chi connectivity index (χ0v) is 17.9. The van der Waals surface area contributed by atoms with Gasteiger partial charge in [0, 0.05) is 17.7 Å². The fourth-order valence-electron chi connectivity index (χ4n) is 2.75. The molecule has 1 atom stereocenters. The molecule has 0 aliphatic heterocycles. The minimum absolute atomic E-state index is 0.0169. The first kappa shape index (κ1) is 24.2. The van der Waals surface area contributed by atoms with Crippen molar-refractivity contribution in [1.82, 2.24) is 10.4 Å². The van der Waals surface area contributed by atoms with Gasteiger partial charge in [-0.25, -0.2) is 14.6 Å². The topological polar surface area (TPSA) is 158 Å². The molecule has 0 spiro atoms. The maximum Gasteiger partial charge on any atom is 0.429 e. The molecule has 170 valence electrons. The number of carbonyl (C=O) groups is 3. The van der Waals surface area contributed by atoms with Gasteiger partial charge in [-0.3, -0.25) is 15.6 Å². The summed E-state index contributed by atoms with van der Waals surface area (Å²) in [6.45, 7) is 3.73. The van der Waals surface area contributed by atoms with E-state index in [0.717, 1.165) is 0 Å². The molecule has 32 heavy (non-hydrogen) atoms. The van der Waals surface area contributed by atoms with E-state index in [1.165, 1.54) is 12.1 Å². The summed E-state index contributed by atoms with van der Waals surface area (Å²) in [5.74, 6) is -2.32. The molecular formula is C22H27N5O5. The van der Waals surface area contributed by atoms with Gasteiger partial charge in [0.1, 0.15) is 0 Å². The van der Waals surface area contributed by atoms with E-state index in [0.29, 0.717) is 16.3 Å². The van der Waals surface area contributed by atoms with Gasteiger partial charge < -0.3 is 20.9 Å². The third-order valence-electron chi connectivity index (χ3n) is 4.23. The van der Waals surface area contributed by atoms with Crippen LogP contribution in [0.25, 0.3) is 0 Å². The first-order valence-electron chi connectivity index (χ1n) is 9.92. The molecule has 0 saturated heterocycles.